The Morgan fingerprint density at radius 3 is 2.79 bits per heavy atom. The quantitative estimate of drug-likeness (QED) is 0.262. The predicted molar refractivity (Wildman–Crippen MR) is 117 cm³/mol. The van der Waals surface area contributed by atoms with Gasteiger partial charge in [-0.25, -0.2) is 0 Å². The Balaban J connectivity index is 1.31. The lowest BCUT2D eigenvalue weighted by Crippen LogP contribution is -2.59. The number of benzene rings is 2. The zero-order chi connectivity index (χ0) is 22.9. The lowest BCUT2D eigenvalue weighted by atomic mass is 9.99. The maximum atomic E-state index is 10.3. The number of hydrogen-bond acceptors (Lipinski definition) is 8. The molecule has 5 atom stereocenters. The van der Waals surface area contributed by atoms with Crippen molar-refractivity contribution in [1.82, 2.24) is 4.98 Å². The van der Waals surface area contributed by atoms with Gasteiger partial charge in [0.2, 0.25) is 0 Å². The van der Waals surface area contributed by atoms with Crippen molar-refractivity contribution in [2.24, 2.45) is 0 Å². The van der Waals surface area contributed by atoms with E-state index in [-0.39, 0.29) is 0 Å². The second-order valence-corrected chi connectivity index (χ2v) is 8.41. The van der Waals surface area contributed by atoms with Crippen molar-refractivity contribution >= 4 is 10.9 Å². The second-order valence-electron chi connectivity index (χ2n) is 8.41. The predicted octanol–water partition coefficient (Wildman–Crippen LogP) is 0.998. The van der Waals surface area contributed by atoms with E-state index in [9.17, 15) is 20.4 Å². The summed E-state index contributed by atoms with van der Waals surface area (Å²) in [5.74, 6) is 1.37. The van der Waals surface area contributed by atoms with Crippen LogP contribution in [-0.2, 0) is 28.9 Å². The van der Waals surface area contributed by atoms with Crippen LogP contribution in [0.4, 0.5) is 0 Å². The number of nitrogens with one attached hydrogen (secondary N) is 1. The Morgan fingerprint density at radius 1 is 1.06 bits per heavy atom. The monoisotopic (exact) mass is 457 g/mol. The Kier molecular flexibility index (Phi) is 6.24. The van der Waals surface area contributed by atoms with Gasteiger partial charge in [0.25, 0.3) is 0 Å². The third-order valence-corrected chi connectivity index (χ3v) is 6.28. The summed E-state index contributed by atoms with van der Waals surface area (Å²) in [7, 11) is 0. The van der Waals surface area contributed by atoms with Gasteiger partial charge in [0, 0.05) is 23.5 Å². The Bertz CT molecular complexity index is 1120. The molecule has 0 unspecified atom stereocenters. The SMILES string of the molecule is OC[C@H]1O[C@@H](O)[C@H](OOc2cccc3[nH]cc(CCc4ccc5c(c4)CCO5)c23)[C@@H](O)[C@@H]1O. The van der Waals surface area contributed by atoms with Gasteiger partial charge in [0.15, 0.2) is 18.1 Å². The second kappa shape index (κ2) is 9.30. The third kappa shape index (κ3) is 4.31. The highest BCUT2D eigenvalue weighted by molar-refractivity contribution is 5.89. The highest BCUT2D eigenvalue weighted by Gasteiger charge is 2.45. The molecular weight excluding hydrogens is 430 g/mol. The number of aryl methyl sites for hydroxylation is 2. The van der Waals surface area contributed by atoms with Crippen LogP contribution in [0.3, 0.4) is 0 Å². The van der Waals surface area contributed by atoms with Crippen molar-refractivity contribution in [2.75, 3.05) is 13.2 Å². The van der Waals surface area contributed by atoms with E-state index in [2.05, 4.69) is 17.1 Å². The number of aromatic amines is 1. The van der Waals surface area contributed by atoms with Gasteiger partial charge >= 0.3 is 0 Å². The zero-order valence-corrected chi connectivity index (χ0v) is 17.9. The van der Waals surface area contributed by atoms with Gasteiger partial charge < -0.3 is 39.8 Å². The largest absolute Gasteiger partial charge is 0.493 e. The van der Waals surface area contributed by atoms with Gasteiger partial charge in [-0.15, -0.1) is 0 Å². The summed E-state index contributed by atoms with van der Waals surface area (Å²) in [6.45, 7) is 0.182. The summed E-state index contributed by atoms with van der Waals surface area (Å²) in [4.78, 5) is 14.1. The maximum absolute atomic E-state index is 10.3. The van der Waals surface area contributed by atoms with Gasteiger partial charge in [-0.1, -0.05) is 18.2 Å². The molecule has 0 bridgehead atoms. The first kappa shape index (κ1) is 22.1. The molecule has 1 aromatic heterocycles. The van der Waals surface area contributed by atoms with Crippen molar-refractivity contribution in [1.29, 1.82) is 0 Å². The van der Waals surface area contributed by atoms with Crippen molar-refractivity contribution < 1.29 is 39.7 Å². The van der Waals surface area contributed by atoms with E-state index >= 15 is 0 Å². The van der Waals surface area contributed by atoms with E-state index < -0.39 is 37.3 Å². The Hall–Kier alpha value is -2.66. The summed E-state index contributed by atoms with van der Waals surface area (Å²) < 4.78 is 10.7. The highest BCUT2D eigenvalue weighted by Crippen LogP contribution is 2.32. The number of H-pyrrole nitrogens is 1. The van der Waals surface area contributed by atoms with E-state index in [1.165, 1.54) is 11.1 Å². The van der Waals surface area contributed by atoms with Crippen molar-refractivity contribution in [3.63, 3.8) is 0 Å². The molecule has 1 fully saturated rings. The van der Waals surface area contributed by atoms with Crippen LogP contribution in [0.2, 0.25) is 0 Å². The normalized spacial score (nSPS) is 26.8. The van der Waals surface area contributed by atoms with Gasteiger partial charge in [0.05, 0.1) is 13.2 Å². The van der Waals surface area contributed by atoms with Gasteiger partial charge in [-0.05, 0) is 47.7 Å². The average Bonchev–Trinajstić information content (AvgIpc) is 3.46. The van der Waals surface area contributed by atoms with Gasteiger partial charge in [0.1, 0.15) is 24.1 Å². The average molecular weight is 457 g/mol. The molecule has 2 aromatic carbocycles. The molecule has 0 spiro atoms. The molecule has 5 rings (SSSR count). The van der Waals surface area contributed by atoms with Crippen molar-refractivity contribution in [3.8, 4) is 11.5 Å². The first-order valence-electron chi connectivity index (χ1n) is 11.0. The van der Waals surface area contributed by atoms with Crippen LogP contribution < -0.4 is 9.62 Å². The van der Waals surface area contributed by atoms with E-state index in [0.29, 0.717) is 5.75 Å². The van der Waals surface area contributed by atoms with E-state index in [0.717, 1.165) is 48.1 Å². The summed E-state index contributed by atoms with van der Waals surface area (Å²) in [6, 6.07) is 11.7. The van der Waals surface area contributed by atoms with E-state index in [4.69, 9.17) is 19.2 Å². The summed E-state index contributed by atoms with van der Waals surface area (Å²) >= 11 is 0. The van der Waals surface area contributed by atoms with Crippen molar-refractivity contribution in [3.05, 3.63) is 59.3 Å². The van der Waals surface area contributed by atoms with Crippen LogP contribution >= 0.6 is 0 Å². The molecule has 5 N–H and O–H groups in total. The summed E-state index contributed by atoms with van der Waals surface area (Å²) in [6.07, 6.45) is -2.52. The zero-order valence-electron chi connectivity index (χ0n) is 17.9. The molecule has 3 heterocycles. The molecule has 2 aliphatic rings. The fourth-order valence-electron chi connectivity index (χ4n) is 4.44. The summed E-state index contributed by atoms with van der Waals surface area (Å²) in [5.41, 5.74) is 4.35. The van der Waals surface area contributed by atoms with Crippen LogP contribution in [0.1, 0.15) is 16.7 Å². The lowest BCUT2D eigenvalue weighted by Gasteiger charge is -2.38. The number of hydrogen-bond donors (Lipinski definition) is 5. The van der Waals surface area contributed by atoms with E-state index in [1.54, 1.807) is 12.1 Å². The molecule has 176 valence electrons. The smallest absolute Gasteiger partial charge is 0.188 e. The van der Waals surface area contributed by atoms with Crippen molar-refractivity contribution in [2.45, 2.75) is 50.0 Å². The number of aliphatic hydroxyl groups excluding tert-OH is 4. The van der Waals surface area contributed by atoms with Crippen LogP contribution in [0.25, 0.3) is 10.9 Å². The number of aliphatic hydroxyl groups is 4. The molecule has 33 heavy (non-hydrogen) atoms. The summed E-state index contributed by atoms with van der Waals surface area (Å²) in [5, 5.41) is 40.5. The molecule has 0 radical (unpaired) electrons. The number of aromatic nitrogens is 1. The standard InChI is InChI=1S/C24H27NO8/c26-12-19-21(27)22(28)23(24(29)31-19)33-32-18-3-1-2-16-20(18)15(11-25-16)6-4-13-5-7-17-14(10-13)8-9-30-17/h1-3,5,7,10-11,19,21-29H,4,6,8-9,12H2/t19-,21-,22+,23-,24-/m1/s1. The minimum Gasteiger partial charge on any atom is -0.493 e. The fraction of sp³-hybridized carbons (Fsp3) is 0.417. The molecule has 0 saturated carbocycles. The molecule has 9 heteroatoms. The highest BCUT2D eigenvalue weighted by atomic mass is 17.2. The molecule has 0 amide bonds. The molecule has 2 aliphatic heterocycles. The third-order valence-electron chi connectivity index (χ3n) is 6.28. The molecule has 0 aliphatic carbocycles. The minimum absolute atomic E-state index is 0.407. The van der Waals surface area contributed by atoms with Crippen LogP contribution in [0.5, 0.6) is 11.5 Å². The Morgan fingerprint density at radius 2 is 1.94 bits per heavy atom. The molecule has 9 nitrogen and oxygen atoms in total. The van der Waals surface area contributed by atoms with Gasteiger partial charge in [-0.3, -0.25) is 0 Å². The maximum Gasteiger partial charge on any atom is 0.188 e. The fourth-order valence-corrected chi connectivity index (χ4v) is 4.44. The Labute approximate surface area is 190 Å². The van der Waals surface area contributed by atoms with Gasteiger partial charge in [-0.2, -0.15) is 4.89 Å². The lowest BCUT2D eigenvalue weighted by molar-refractivity contribution is -0.364. The first-order valence-corrected chi connectivity index (χ1v) is 11.0. The minimum atomic E-state index is -1.57. The van der Waals surface area contributed by atoms with Crippen LogP contribution in [-0.4, -0.2) is 69.3 Å². The number of ether oxygens (including phenoxy) is 2. The number of rotatable bonds is 7. The van der Waals surface area contributed by atoms with Crippen LogP contribution in [0, 0.1) is 0 Å². The number of fused-ring (bicyclic) bond motifs is 2. The molecule has 3 aromatic rings. The van der Waals surface area contributed by atoms with Crippen LogP contribution in [0.15, 0.2) is 42.6 Å². The topological polar surface area (TPSA) is 134 Å². The molecule has 1 saturated heterocycles. The first-order chi connectivity index (χ1) is 16.0. The molecular formula is C24H27NO8. The van der Waals surface area contributed by atoms with E-state index in [1.807, 2.05) is 18.3 Å².